The van der Waals surface area contributed by atoms with E-state index < -0.39 is 47.2 Å². The Balaban J connectivity index is 0.000000337. The van der Waals surface area contributed by atoms with Gasteiger partial charge in [-0.1, -0.05) is 30.3 Å². The molecule has 6 nitrogen and oxygen atoms in total. The maximum Gasteiger partial charge on any atom is 0.433 e. The Morgan fingerprint density at radius 2 is 1.52 bits per heavy atom. The fourth-order valence-electron chi connectivity index (χ4n) is 5.42. The third-order valence-corrected chi connectivity index (χ3v) is 7.83. The first-order valence-corrected chi connectivity index (χ1v) is 14.9. The van der Waals surface area contributed by atoms with Crippen molar-refractivity contribution in [2.45, 2.75) is 51.1 Å². The lowest BCUT2D eigenvalue weighted by Gasteiger charge is -2.22. The second kappa shape index (κ2) is 14.8. The van der Waals surface area contributed by atoms with Gasteiger partial charge in [0.25, 0.3) is 0 Å². The number of oxime groups is 1. The maximum absolute atomic E-state index is 13.6. The minimum atomic E-state index is -4.75. The molecule has 0 fully saturated rings. The molecule has 0 spiro atoms. The number of rotatable bonds is 7. The molecule has 4 aromatic rings. The summed E-state index contributed by atoms with van der Waals surface area (Å²) in [5.41, 5.74) is 1.12. The Morgan fingerprint density at radius 1 is 0.860 bits per heavy atom. The molecule has 0 aliphatic carbocycles. The number of hydrogen-bond acceptors (Lipinski definition) is 5. The minimum absolute atomic E-state index is 0.0833. The van der Waals surface area contributed by atoms with Gasteiger partial charge in [-0.05, 0) is 84.1 Å². The molecule has 1 aliphatic rings. The first-order valence-electron chi connectivity index (χ1n) is 14.9. The van der Waals surface area contributed by atoms with E-state index in [1.165, 1.54) is 19.4 Å². The van der Waals surface area contributed by atoms with Gasteiger partial charge in [0.15, 0.2) is 0 Å². The van der Waals surface area contributed by atoms with E-state index in [9.17, 15) is 49.4 Å². The molecule has 1 aliphatic heterocycles. The first-order chi connectivity index (χ1) is 23.3. The number of aromatic carboxylic acids is 1. The molecule has 50 heavy (non-hydrogen) atoms. The topological polar surface area (TPSA) is 81.0 Å². The van der Waals surface area contributed by atoms with Crippen molar-refractivity contribution in [1.82, 2.24) is 4.98 Å². The van der Waals surface area contributed by atoms with Crippen LogP contribution in [0.3, 0.4) is 0 Å². The number of alkyl halides is 9. The Labute approximate surface area is 280 Å². The molecule has 0 saturated heterocycles. The van der Waals surface area contributed by atoms with Gasteiger partial charge in [-0.25, -0.2) is 4.79 Å². The van der Waals surface area contributed by atoms with Crippen LogP contribution in [-0.2, 0) is 23.4 Å². The molecule has 1 aromatic heterocycles. The number of ether oxygens (including phenoxy) is 1. The highest BCUT2D eigenvalue weighted by Gasteiger charge is 2.36. The standard InChI is InChI=1S/C27H25F3N2O4.C8H4F6/c1-4-18(23-9-10-36-32-23)20-13-25(27(28,29)30)31-14-22(20)21-12-16(6-8-24(21)35-3)19-7-5-17(26(33)34)11-15(19)2;9-7(10,11)5-2-1-3-6(4-5)8(12,13)14/h5-8,11-14,18H,4,9-10H2,1-3H3,(H,33,34);1-4H. The number of carbonyl (C=O) groups is 1. The largest absolute Gasteiger partial charge is 0.496 e. The molecule has 1 N–H and O–H groups in total. The highest BCUT2D eigenvalue weighted by atomic mass is 19.4. The van der Waals surface area contributed by atoms with E-state index in [4.69, 9.17) is 9.57 Å². The van der Waals surface area contributed by atoms with Crippen molar-refractivity contribution in [2.24, 2.45) is 5.16 Å². The van der Waals surface area contributed by atoms with Gasteiger partial charge < -0.3 is 14.7 Å². The van der Waals surface area contributed by atoms with Crippen LogP contribution >= 0.6 is 0 Å². The SMILES string of the molecule is CCC(C1=NOCC1)c1cc(C(F)(F)F)ncc1-c1cc(-c2ccc(C(=O)O)cc2C)ccc1OC.FC(F)(F)c1cccc(C(F)(F)F)c1. The zero-order valence-electron chi connectivity index (χ0n) is 26.6. The number of methoxy groups -OCH3 is 1. The van der Waals surface area contributed by atoms with Gasteiger partial charge in [0.2, 0.25) is 0 Å². The van der Waals surface area contributed by atoms with Crippen LogP contribution in [0.1, 0.15) is 64.0 Å². The summed E-state index contributed by atoms with van der Waals surface area (Å²) in [4.78, 5) is 20.2. The number of aryl methyl sites for hydroxylation is 1. The molecule has 15 heteroatoms. The highest BCUT2D eigenvalue weighted by molar-refractivity contribution is 5.94. The minimum Gasteiger partial charge on any atom is -0.496 e. The Morgan fingerprint density at radius 3 is 2.02 bits per heavy atom. The summed E-state index contributed by atoms with van der Waals surface area (Å²) in [6.45, 7) is 4.09. The van der Waals surface area contributed by atoms with Crippen molar-refractivity contribution in [3.63, 3.8) is 0 Å². The monoisotopic (exact) mass is 712 g/mol. The summed E-state index contributed by atoms with van der Waals surface area (Å²) in [6.07, 6.45) is -11.8. The van der Waals surface area contributed by atoms with E-state index in [-0.39, 0.29) is 11.6 Å². The predicted molar refractivity (Wildman–Crippen MR) is 166 cm³/mol. The number of aromatic nitrogens is 1. The van der Waals surface area contributed by atoms with Crippen molar-refractivity contribution >= 4 is 11.7 Å². The summed E-state index contributed by atoms with van der Waals surface area (Å²) in [6, 6.07) is 13.3. The molecule has 1 atom stereocenters. The molecule has 3 aromatic carbocycles. The van der Waals surface area contributed by atoms with Gasteiger partial charge in [0.1, 0.15) is 18.1 Å². The molecular weight excluding hydrogens is 683 g/mol. The van der Waals surface area contributed by atoms with E-state index in [1.807, 2.05) is 26.0 Å². The van der Waals surface area contributed by atoms with Crippen molar-refractivity contribution in [2.75, 3.05) is 13.7 Å². The van der Waals surface area contributed by atoms with Crippen LogP contribution in [0.4, 0.5) is 39.5 Å². The Bertz CT molecular complexity index is 1850. The number of pyridine rings is 1. The summed E-state index contributed by atoms with van der Waals surface area (Å²) in [5, 5.41) is 13.4. The van der Waals surface area contributed by atoms with Gasteiger partial charge in [-0.3, -0.25) is 4.98 Å². The van der Waals surface area contributed by atoms with Crippen LogP contribution in [0.2, 0.25) is 0 Å². The molecular formula is C35H29F9N2O4. The van der Waals surface area contributed by atoms with Crippen LogP contribution < -0.4 is 4.74 Å². The summed E-state index contributed by atoms with van der Waals surface area (Å²) < 4.78 is 118. The van der Waals surface area contributed by atoms with Crippen LogP contribution in [0.25, 0.3) is 22.3 Å². The fourth-order valence-corrected chi connectivity index (χ4v) is 5.42. The number of benzene rings is 3. The van der Waals surface area contributed by atoms with Gasteiger partial charge >= 0.3 is 24.5 Å². The molecule has 2 heterocycles. The van der Waals surface area contributed by atoms with Crippen molar-refractivity contribution in [1.29, 1.82) is 0 Å². The van der Waals surface area contributed by atoms with Crippen molar-refractivity contribution in [3.8, 4) is 28.0 Å². The highest BCUT2D eigenvalue weighted by Crippen LogP contribution is 2.42. The molecule has 5 rings (SSSR count). The maximum atomic E-state index is 13.6. The van der Waals surface area contributed by atoms with E-state index >= 15 is 0 Å². The molecule has 1 unspecified atom stereocenters. The third-order valence-electron chi connectivity index (χ3n) is 7.83. The van der Waals surface area contributed by atoms with Crippen LogP contribution in [-0.4, -0.2) is 35.5 Å². The second-order valence-corrected chi connectivity index (χ2v) is 11.1. The average molecular weight is 713 g/mol. The number of carboxylic acids is 1. The normalized spacial score (nSPS) is 13.9. The van der Waals surface area contributed by atoms with Crippen molar-refractivity contribution < 1.29 is 59.0 Å². The zero-order valence-corrected chi connectivity index (χ0v) is 26.6. The van der Waals surface area contributed by atoms with Crippen LogP contribution in [0.15, 0.2) is 78.1 Å². The molecule has 0 saturated carbocycles. The summed E-state index contributed by atoms with van der Waals surface area (Å²) >= 11 is 0. The van der Waals surface area contributed by atoms with Gasteiger partial charge in [0.05, 0.1) is 29.5 Å². The quantitative estimate of drug-likeness (QED) is 0.193. The van der Waals surface area contributed by atoms with Gasteiger partial charge in [0, 0.05) is 29.7 Å². The summed E-state index contributed by atoms with van der Waals surface area (Å²) in [7, 11) is 1.49. The second-order valence-electron chi connectivity index (χ2n) is 11.1. The number of hydrogen-bond donors (Lipinski definition) is 1. The predicted octanol–water partition coefficient (Wildman–Crippen LogP) is 10.4. The average Bonchev–Trinajstić information content (AvgIpc) is 3.59. The van der Waals surface area contributed by atoms with Crippen molar-refractivity contribution in [3.05, 3.63) is 106 Å². The molecule has 266 valence electrons. The number of carboxylic acid groups (broad SMARTS) is 1. The lowest BCUT2D eigenvalue weighted by atomic mass is 9.84. The van der Waals surface area contributed by atoms with E-state index in [1.54, 1.807) is 18.2 Å². The zero-order chi connectivity index (χ0) is 37.0. The Hall–Kier alpha value is -5.08. The van der Waals surface area contributed by atoms with E-state index in [0.717, 1.165) is 28.8 Å². The lowest BCUT2D eigenvalue weighted by Crippen LogP contribution is -2.15. The van der Waals surface area contributed by atoms with E-state index in [2.05, 4.69) is 10.1 Å². The fraction of sp³-hybridized carbons (Fsp3) is 0.286. The number of nitrogens with zero attached hydrogens (tertiary/aromatic N) is 2. The Kier molecular flexibility index (Phi) is 11.2. The molecule has 0 bridgehead atoms. The van der Waals surface area contributed by atoms with Crippen LogP contribution in [0, 0.1) is 6.92 Å². The van der Waals surface area contributed by atoms with Crippen LogP contribution in [0.5, 0.6) is 5.75 Å². The van der Waals surface area contributed by atoms with Gasteiger partial charge in [-0.15, -0.1) is 0 Å². The van der Waals surface area contributed by atoms with Gasteiger partial charge in [-0.2, -0.15) is 39.5 Å². The molecule has 0 radical (unpaired) electrons. The lowest BCUT2D eigenvalue weighted by molar-refractivity contribution is -0.143. The third kappa shape index (κ3) is 8.74. The summed E-state index contributed by atoms with van der Waals surface area (Å²) in [5.74, 6) is -0.942. The molecule has 0 amide bonds. The number of halogens is 9. The first kappa shape index (κ1) is 37.7. The van der Waals surface area contributed by atoms with E-state index in [0.29, 0.717) is 59.7 Å². The smallest absolute Gasteiger partial charge is 0.433 e.